The van der Waals surface area contributed by atoms with Crippen LogP contribution in [-0.4, -0.2) is 52.8 Å². The number of hydrogen-bond donors (Lipinski definition) is 1. The molecule has 0 aliphatic carbocycles. The zero-order valence-electron chi connectivity index (χ0n) is 13.9. The predicted molar refractivity (Wildman–Crippen MR) is 99.6 cm³/mol. The van der Waals surface area contributed by atoms with Crippen molar-refractivity contribution in [1.82, 2.24) is 14.7 Å². The van der Waals surface area contributed by atoms with E-state index in [-0.39, 0.29) is 0 Å². The summed E-state index contributed by atoms with van der Waals surface area (Å²) in [6.45, 7) is 1.75. The van der Waals surface area contributed by atoms with Crippen molar-refractivity contribution < 1.29 is 14.3 Å². The summed E-state index contributed by atoms with van der Waals surface area (Å²) in [6.07, 6.45) is 0. The predicted octanol–water partition coefficient (Wildman–Crippen LogP) is 2.07. The number of fused-ring (bicyclic) bond motifs is 1. The van der Waals surface area contributed by atoms with E-state index >= 15 is 0 Å². The Bertz CT molecular complexity index is 864. The van der Waals surface area contributed by atoms with Gasteiger partial charge in [0.05, 0.1) is 24.6 Å². The summed E-state index contributed by atoms with van der Waals surface area (Å²) in [5, 5.41) is 7.96. The lowest BCUT2D eigenvalue weighted by atomic mass is 10.2. The van der Waals surface area contributed by atoms with Crippen molar-refractivity contribution in [3.8, 4) is 5.69 Å². The molecule has 1 fully saturated rings. The molecule has 2 aliphatic heterocycles. The van der Waals surface area contributed by atoms with Gasteiger partial charge in [-0.05, 0) is 18.2 Å². The van der Waals surface area contributed by atoms with Crippen molar-refractivity contribution in [2.45, 2.75) is 11.5 Å². The molecule has 7 nitrogen and oxygen atoms in total. The molecule has 3 heterocycles. The molecule has 2 aromatic rings. The highest BCUT2D eigenvalue weighted by Gasteiger charge is 2.29. The molecule has 0 unspecified atom stereocenters. The molecule has 1 saturated heterocycles. The van der Waals surface area contributed by atoms with E-state index in [9.17, 15) is 9.59 Å². The van der Waals surface area contributed by atoms with Gasteiger partial charge >= 0.3 is 11.8 Å². The van der Waals surface area contributed by atoms with Crippen LogP contribution in [0.3, 0.4) is 0 Å². The van der Waals surface area contributed by atoms with Crippen LogP contribution in [0.2, 0.25) is 5.02 Å². The van der Waals surface area contributed by atoms with Crippen molar-refractivity contribution in [3.05, 3.63) is 40.5 Å². The summed E-state index contributed by atoms with van der Waals surface area (Å²) < 4.78 is 6.88. The summed E-state index contributed by atoms with van der Waals surface area (Å²) in [4.78, 5) is 26.5. The Morgan fingerprint density at radius 1 is 1.23 bits per heavy atom. The minimum Gasteiger partial charge on any atom is -0.378 e. The quantitative estimate of drug-likeness (QED) is 0.792. The first-order valence-electron chi connectivity index (χ1n) is 8.26. The molecular formula is C17H17ClN4O3S. The largest absolute Gasteiger partial charge is 0.378 e. The summed E-state index contributed by atoms with van der Waals surface area (Å²) >= 11 is 7.82. The van der Waals surface area contributed by atoms with Gasteiger partial charge in [-0.15, -0.1) is 0 Å². The van der Waals surface area contributed by atoms with Crippen LogP contribution < -0.4 is 5.32 Å². The smallest absolute Gasteiger partial charge is 0.315 e. The standard InChI is InChI=1S/C17H17ClN4O3S/c18-11-2-1-3-12(8-11)22-15(13-9-26-10-14(13)20-22)19-16(23)17(24)21-4-6-25-7-5-21/h1-3,8H,4-7,9-10H2,(H,19,23). The average molecular weight is 393 g/mol. The second kappa shape index (κ2) is 7.30. The van der Waals surface area contributed by atoms with Gasteiger partial charge in [0.2, 0.25) is 0 Å². The first-order valence-corrected chi connectivity index (χ1v) is 9.79. The van der Waals surface area contributed by atoms with E-state index in [4.69, 9.17) is 16.3 Å². The maximum Gasteiger partial charge on any atom is 0.315 e. The third-order valence-corrected chi connectivity index (χ3v) is 5.53. The fourth-order valence-corrected chi connectivity index (χ4v) is 4.23. The van der Waals surface area contributed by atoms with Gasteiger partial charge in [0.15, 0.2) is 0 Å². The van der Waals surface area contributed by atoms with Gasteiger partial charge in [-0.2, -0.15) is 16.9 Å². The first kappa shape index (κ1) is 17.4. The van der Waals surface area contributed by atoms with Crippen LogP contribution in [0.1, 0.15) is 11.3 Å². The number of carbonyl (C=O) groups excluding carboxylic acids is 2. The van der Waals surface area contributed by atoms with Crippen LogP contribution in [-0.2, 0) is 25.8 Å². The summed E-state index contributed by atoms with van der Waals surface area (Å²) in [5.74, 6) is 0.862. The molecule has 4 rings (SSSR count). The highest BCUT2D eigenvalue weighted by molar-refractivity contribution is 7.98. The number of carbonyl (C=O) groups is 2. The average Bonchev–Trinajstić information content (AvgIpc) is 3.24. The topological polar surface area (TPSA) is 76.5 Å². The van der Waals surface area contributed by atoms with Gasteiger partial charge < -0.3 is 15.0 Å². The van der Waals surface area contributed by atoms with Gasteiger partial charge in [-0.25, -0.2) is 4.68 Å². The molecule has 2 amide bonds. The molecule has 0 atom stereocenters. The Balaban J connectivity index is 1.63. The number of ether oxygens (including phenoxy) is 1. The van der Waals surface area contributed by atoms with E-state index in [2.05, 4.69) is 10.4 Å². The lowest BCUT2D eigenvalue weighted by Crippen LogP contribution is -2.46. The molecule has 9 heteroatoms. The maximum absolute atomic E-state index is 12.5. The molecular weight excluding hydrogens is 376 g/mol. The van der Waals surface area contributed by atoms with Crippen LogP contribution in [0.4, 0.5) is 5.82 Å². The Hall–Kier alpha value is -2.03. The van der Waals surface area contributed by atoms with Crippen molar-refractivity contribution in [1.29, 1.82) is 0 Å². The Labute approximate surface area is 159 Å². The summed E-state index contributed by atoms with van der Waals surface area (Å²) in [6, 6.07) is 7.24. The number of rotatable bonds is 2. The van der Waals surface area contributed by atoms with Crippen LogP contribution in [0, 0.1) is 0 Å². The van der Waals surface area contributed by atoms with E-state index in [0.717, 1.165) is 28.5 Å². The van der Waals surface area contributed by atoms with Crippen molar-refractivity contribution in [2.75, 3.05) is 31.6 Å². The van der Waals surface area contributed by atoms with Crippen LogP contribution in [0.5, 0.6) is 0 Å². The first-order chi connectivity index (χ1) is 12.6. The van der Waals surface area contributed by atoms with E-state index in [0.29, 0.717) is 37.1 Å². The van der Waals surface area contributed by atoms with Crippen LogP contribution in [0.25, 0.3) is 5.69 Å². The molecule has 1 aromatic carbocycles. The number of nitrogens with one attached hydrogen (secondary N) is 1. The van der Waals surface area contributed by atoms with Crippen molar-refractivity contribution in [3.63, 3.8) is 0 Å². The lowest BCUT2D eigenvalue weighted by Gasteiger charge is -2.26. The molecule has 136 valence electrons. The molecule has 1 N–H and O–H groups in total. The van der Waals surface area contributed by atoms with E-state index in [1.807, 2.05) is 12.1 Å². The Morgan fingerprint density at radius 3 is 2.81 bits per heavy atom. The lowest BCUT2D eigenvalue weighted by molar-refractivity contribution is -0.145. The number of hydrogen-bond acceptors (Lipinski definition) is 5. The van der Waals surface area contributed by atoms with E-state index in [1.54, 1.807) is 28.6 Å². The third-order valence-electron chi connectivity index (χ3n) is 4.33. The van der Waals surface area contributed by atoms with Gasteiger partial charge in [-0.1, -0.05) is 17.7 Å². The summed E-state index contributed by atoms with van der Waals surface area (Å²) in [7, 11) is 0. The molecule has 0 bridgehead atoms. The number of amides is 2. The Morgan fingerprint density at radius 2 is 2.04 bits per heavy atom. The summed E-state index contributed by atoms with van der Waals surface area (Å²) in [5.41, 5.74) is 2.62. The van der Waals surface area contributed by atoms with Gasteiger partial charge in [0.25, 0.3) is 0 Å². The third kappa shape index (κ3) is 3.32. The molecule has 0 radical (unpaired) electrons. The minimum atomic E-state index is -0.658. The highest BCUT2D eigenvalue weighted by Crippen LogP contribution is 2.36. The number of thioether (sulfide) groups is 1. The van der Waals surface area contributed by atoms with Crippen molar-refractivity contribution >= 4 is 41.0 Å². The van der Waals surface area contributed by atoms with Gasteiger partial charge in [-0.3, -0.25) is 9.59 Å². The fourth-order valence-electron chi connectivity index (χ4n) is 3.01. The zero-order chi connectivity index (χ0) is 18.1. The maximum atomic E-state index is 12.5. The SMILES string of the molecule is O=C(Nc1c2c(nn1-c1cccc(Cl)c1)CSC2)C(=O)N1CCOCC1. The molecule has 0 spiro atoms. The normalized spacial score (nSPS) is 16.4. The van der Waals surface area contributed by atoms with Crippen LogP contribution >= 0.6 is 23.4 Å². The van der Waals surface area contributed by atoms with E-state index in [1.165, 1.54) is 4.90 Å². The number of anilines is 1. The Kier molecular flexibility index (Phi) is 4.88. The molecule has 26 heavy (non-hydrogen) atoms. The van der Waals surface area contributed by atoms with Gasteiger partial charge in [0, 0.05) is 35.2 Å². The van der Waals surface area contributed by atoms with E-state index < -0.39 is 11.8 Å². The molecule has 1 aromatic heterocycles. The number of morpholine rings is 1. The second-order valence-corrected chi connectivity index (χ2v) is 7.44. The van der Waals surface area contributed by atoms with Gasteiger partial charge in [0.1, 0.15) is 5.82 Å². The highest BCUT2D eigenvalue weighted by atomic mass is 35.5. The second-order valence-electron chi connectivity index (χ2n) is 6.02. The number of nitrogens with zero attached hydrogens (tertiary/aromatic N) is 3. The monoisotopic (exact) mass is 392 g/mol. The molecule has 0 saturated carbocycles. The number of aromatic nitrogens is 2. The zero-order valence-corrected chi connectivity index (χ0v) is 15.5. The van der Waals surface area contributed by atoms with Crippen LogP contribution in [0.15, 0.2) is 24.3 Å². The number of halogens is 1. The number of benzene rings is 1. The fraction of sp³-hybridized carbons (Fsp3) is 0.353. The minimum absolute atomic E-state index is 0.424. The molecule has 2 aliphatic rings. The van der Waals surface area contributed by atoms with Crippen molar-refractivity contribution in [2.24, 2.45) is 0 Å².